The minimum atomic E-state index is -0.243. The average molecular weight is 561 g/mol. The highest BCUT2D eigenvalue weighted by Crippen LogP contribution is 2.33. The number of aryl methyl sites for hydroxylation is 1. The van der Waals surface area contributed by atoms with Crippen molar-refractivity contribution in [2.75, 3.05) is 32.7 Å². The second-order valence-corrected chi connectivity index (χ2v) is 12.1. The molecule has 0 bridgehead atoms. The van der Waals surface area contributed by atoms with Crippen LogP contribution in [0.3, 0.4) is 0 Å². The Labute approximate surface area is 246 Å². The van der Waals surface area contributed by atoms with Crippen molar-refractivity contribution < 1.29 is 4.39 Å². The molecule has 222 valence electrons. The van der Waals surface area contributed by atoms with Gasteiger partial charge in [-0.2, -0.15) is 0 Å². The molecule has 6 nitrogen and oxygen atoms in total. The quantitative estimate of drug-likeness (QED) is 0.454. The Morgan fingerprint density at radius 2 is 1.80 bits per heavy atom. The first-order valence-corrected chi connectivity index (χ1v) is 15.1. The molecule has 4 rings (SSSR count). The van der Waals surface area contributed by atoms with E-state index in [1.165, 1.54) is 5.70 Å². The molecule has 0 aromatic heterocycles. The lowest BCUT2D eigenvalue weighted by molar-refractivity contribution is 0.253. The van der Waals surface area contributed by atoms with Crippen molar-refractivity contribution >= 4 is 11.5 Å². The maximum Gasteiger partial charge on any atom is 0.130 e. The van der Waals surface area contributed by atoms with Gasteiger partial charge in [0.05, 0.1) is 6.04 Å². The van der Waals surface area contributed by atoms with Gasteiger partial charge < -0.3 is 25.8 Å². The fraction of sp³-hybridized carbons (Fsp3) is 0.500. The molecule has 0 amide bonds. The number of nitrogens with zero attached hydrogens (tertiary/aromatic N) is 4. The predicted octanol–water partition coefficient (Wildman–Crippen LogP) is 5.82. The molecule has 1 unspecified atom stereocenters. The fourth-order valence-electron chi connectivity index (χ4n) is 6.14. The van der Waals surface area contributed by atoms with Gasteiger partial charge >= 0.3 is 0 Å². The Hall–Kier alpha value is -3.32. The summed E-state index contributed by atoms with van der Waals surface area (Å²) in [4.78, 5) is 12.0. The van der Waals surface area contributed by atoms with Crippen molar-refractivity contribution in [2.45, 2.75) is 77.9 Å². The highest BCUT2D eigenvalue weighted by atomic mass is 19.1. The molecule has 41 heavy (non-hydrogen) atoms. The van der Waals surface area contributed by atoms with E-state index in [1.807, 2.05) is 13.0 Å². The van der Waals surface area contributed by atoms with Crippen LogP contribution >= 0.6 is 0 Å². The van der Waals surface area contributed by atoms with E-state index in [-0.39, 0.29) is 17.9 Å². The molecule has 3 aliphatic heterocycles. The molecule has 3 heterocycles. The van der Waals surface area contributed by atoms with Gasteiger partial charge in [-0.15, -0.1) is 0 Å². The SMILES string of the molecule is C=C1CCc2ccc(F)cc2C(=C)N2CCCCC2C(=C)/C=C(C)/N=C(N2CC(N)C2)\C=C(/C)N(C(C)C)CCN1. The van der Waals surface area contributed by atoms with Gasteiger partial charge in [0.15, 0.2) is 0 Å². The minimum Gasteiger partial charge on any atom is -0.387 e. The van der Waals surface area contributed by atoms with Gasteiger partial charge in [-0.05, 0) is 95.2 Å². The van der Waals surface area contributed by atoms with E-state index in [1.54, 1.807) is 12.1 Å². The Bertz CT molecular complexity index is 1240. The number of hydrogen-bond donors (Lipinski definition) is 2. The molecule has 3 N–H and O–H groups in total. The van der Waals surface area contributed by atoms with E-state index in [0.717, 1.165) is 104 Å². The zero-order valence-electron chi connectivity index (χ0n) is 25.6. The monoisotopic (exact) mass is 560 g/mol. The predicted molar refractivity (Wildman–Crippen MR) is 171 cm³/mol. The zero-order chi connectivity index (χ0) is 29.7. The number of nitrogens with two attached hydrogens (primary N) is 1. The first-order valence-electron chi connectivity index (χ1n) is 15.1. The van der Waals surface area contributed by atoms with Crippen LogP contribution in [0.15, 0.2) is 77.7 Å². The third-order valence-electron chi connectivity index (χ3n) is 8.42. The summed E-state index contributed by atoms with van der Waals surface area (Å²) in [5, 5.41) is 3.53. The summed E-state index contributed by atoms with van der Waals surface area (Å²) in [7, 11) is 0. The maximum absolute atomic E-state index is 14.5. The Kier molecular flexibility index (Phi) is 10.1. The summed E-state index contributed by atoms with van der Waals surface area (Å²) < 4.78 is 14.5. The number of amidine groups is 1. The van der Waals surface area contributed by atoms with Crippen LogP contribution in [-0.2, 0) is 6.42 Å². The summed E-state index contributed by atoms with van der Waals surface area (Å²) in [6.07, 6.45) is 9.00. The third kappa shape index (κ3) is 7.70. The highest BCUT2D eigenvalue weighted by Gasteiger charge is 2.28. The lowest BCUT2D eigenvalue weighted by Gasteiger charge is -2.40. The smallest absolute Gasteiger partial charge is 0.130 e. The van der Waals surface area contributed by atoms with Gasteiger partial charge in [0.2, 0.25) is 0 Å². The second kappa shape index (κ2) is 13.6. The van der Waals surface area contributed by atoms with E-state index < -0.39 is 0 Å². The van der Waals surface area contributed by atoms with Crippen LogP contribution in [0.25, 0.3) is 5.70 Å². The normalized spacial score (nSPS) is 26.2. The number of hydrogen-bond acceptors (Lipinski definition) is 6. The number of halogens is 1. The minimum absolute atomic E-state index is 0.0887. The Morgan fingerprint density at radius 1 is 1.05 bits per heavy atom. The van der Waals surface area contributed by atoms with Crippen LogP contribution < -0.4 is 11.1 Å². The maximum atomic E-state index is 14.5. The van der Waals surface area contributed by atoms with Crippen molar-refractivity contribution in [1.29, 1.82) is 0 Å². The molecule has 3 aliphatic rings. The van der Waals surface area contributed by atoms with Crippen LogP contribution in [0, 0.1) is 5.82 Å². The number of fused-ring (bicyclic) bond motifs is 2. The fourth-order valence-corrected chi connectivity index (χ4v) is 6.14. The second-order valence-electron chi connectivity index (χ2n) is 12.1. The third-order valence-corrected chi connectivity index (χ3v) is 8.42. The number of aliphatic imine (C=N–C) groups is 1. The molecular formula is C34H49FN6. The molecule has 1 aromatic carbocycles. The Balaban J connectivity index is 1.74. The van der Waals surface area contributed by atoms with Crippen molar-refractivity contribution in [3.8, 4) is 0 Å². The van der Waals surface area contributed by atoms with Gasteiger partial charge in [-0.25, -0.2) is 9.38 Å². The van der Waals surface area contributed by atoms with Crippen LogP contribution in [0.2, 0.25) is 0 Å². The molecule has 2 fully saturated rings. The summed E-state index contributed by atoms with van der Waals surface area (Å²) in [6.45, 7) is 26.0. The van der Waals surface area contributed by atoms with Gasteiger partial charge in [0.1, 0.15) is 11.7 Å². The average Bonchev–Trinajstić information content (AvgIpc) is 2.91. The number of nitrogens with one attached hydrogen (secondary N) is 1. The zero-order valence-corrected chi connectivity index (χ0v) is 25.6. The molecule has 0 spiro atoms. The van der Waals surface area contributed by atoms with Crippen LogP contribution in [0.5, 0.6) is 0 Å². The van der Waals surface area contributed by atoms with Crippen LogP contribution in [-0.4, -0.2) is 71.4 Å². The summed E-state index contributed by atoms with van der Waals surface area (Å²) in [5.74, 6) is 0.689. The van der Waals surface area contributed by atoms with E-state index in [9.17, 15) is 4.39 Å². The number of allylic oxidation sites excluding steroid dienone is 3. The van der Waals surface area contributed by atoms with Crippen LogP contribution in [0.4, 0.5) is 4.39 Å². The van der Waals surface area contributed by atoms with Gasteiger partial charge in [-0.3, -0.25) is 0 Å². The van der Waals surface area contributed by atoms with Gasteiger partial charge in [0.25, 0.3) is 0 Å². The standard InChI is InChI=1S/C34H49FN6/c1-23(2)40-17-15-37-25(4)11-12-29-13-14-30(35)20-32(29)28(7)41-16-9-8-10-33(41)24(3)18-26(5)38-34(19-27(40)6)39-21-31(36)22-39/h13-14,18-20,23,31,33,37H,3-4,7-12,15-17,21-22,36H2,1-2,5-6H3/b26-18+,27-19+,38-34+. The number of likely N-dealkylation sites (tertiary alicyclic amines) is 1. The number of rotatable bonds is 1. The summed E-state index contributed by atoms with van der Waals surface area (Å²) >= 11 is 0. The molecule has 2 saturated heterocycles. The van der Waals surface area contributed by atoms with E-state index in [0.29, 0.717) is 6.04 Å². The molecule has 0 radical (unpaired) electrons. The van der Waals surface area contributed by atoms with Crippen LogP contribution in [0.1, 0.15) is 64.5 Å². The topological polar surface area (TPSA) is 60.1 Å². The Morgan fingerprint density at radius 3 is 2.51 bits per heavy atom. The van der Waals surface area contributed by atoms with Gasteiger partial charge in [0, 0.05) is 73.2 Å². The van der Waals surface area contributed by atoms with E-state index in [2.05, 4.69) is 72.7 Å². The number of benzene rings is 1. The highest BCUT2D eigenvalue weighted by molar-refractivity contribution is 5.94. The van der Waals surface area contributed by atoms with Crippen molar-refractivity contribution in [3.05, 3.63) is 89.7 Å². The largest absolute Gasteiger partial charge is 0.387 e. The molecule has 1 aromatic rings. The molecule has 0 aliphatic carbocycles. The first kappa shape index (κ1) is 30.6. The molecule has 0 saturated carbocycles. The summed E-state index contributed by atoms with van der Waals surface area (Å²) in [5.41, 5.74) is 13.0. The van der Waals surface area contributed by atoms with E-state index >= 15 is 0 Å². The lowest BCUT2D eigenvalue weighted by Crippen LogP contribution is -2.57. The van der Waals surface area contributed by atoms with Gasteiger partial charge in [-0.1, -0.05) is 25.8 Å². The lowest BCUT2D eigenvalue weighted by atomic mass is 9.92. The molecule has 7 heteroatoms. The number of piperidine rings is 1. The first-order chi connectivity index (χ1) is 19.5. The van der Waals surface area contributed by atoms with Crippen molar-refractivity contribution in [2.24, 2.45) is 10.7 Å². The van der Waals surface area contributed by atoms with Crippen molar-refractivity contribution in [3.63, 3.8) is 0 Å². The molecular weight excluding hydrogens is 511 g/mol. The van der Waals surface area contributed by atoms with Crippen molar-refractivity contribution in [1.82, 2.24) is 20.0 Å². The summed E-state index contributed by atoms with van der Waals surface area (Å²) in [6, 6.07) is 5.67. The molecule has 1 atom stereocenters. The van der Waals surface area contributed by atoms with E-state index in [4.69, 9.17) is 10.7 Å².